The second kappa shape index (κ2) is 13.3. The van der Waals surface area contributed by atoms with Gasteiger partial charge in [0.05, 0.1) is 11.9 Å². The number of carbonyl (C=O) groups is 2. The van der Waals surface area contributed by atoms with Crippen LogP contribution in [-0.4, -0.2) is 50.5 Å². The van der Waals surface area contributed by atoms with E-state index in [2.05, 4.69) is 5.32 Å². The molecular formula is C26H35F2N3O4S. The van der Waals surface area contributed by atoms with Gasteiger partial charge in [0.2, 0.25) is 21.8 Å². The molecule has 2 amide bonds. The maximum atomic E-state index is 13.7. The van der Waals surface area contributed by atoms with Gasteiger partial charge in [0, 0.05) is 32.1 Å². The molecule has 10 heteroatoms. The highest BCUT2D eigenvalue weighted by Crippen LogP contribution is 2.22. The minimum absolute atomic E-state index is 0.0225. The smallest absolute Gasteiger partial charge is 0.242 e. The summed E-state index contributed by atoms with van der Waals surface area (Å²) in [6, 6.07) is 9.84. The lowest BCUT2D eigenvalue weighted by molar-refractivity contribution is -0.141. The zero-order chi connectivity index (χ0) is 26.9. The summed E-state index contributed by atoms with van der Waals surface area (Å²) >= 11 is 0. The first-order valence-corrected chi connectivity index (χ1v) is 13.9. The Balaban J connectivity index is 2.21. The van der Waals surface area contributed by atoms with Gasteiger partial charge in [-0.3, -0.25) is 13.9 Å². The van der Waals surface area contributed by atoms with Crippen LogP contribution in [0, 0.1) is 18.6 Å². The maximum Gasteiger partial charge on any atom is 0.242 e. The molecule has 198 valence electrons. The minimum Gasteiger partial charge on any atom is -0.354 e. The van der Waals surface area contributed by atoms with Crippen molar-refractivity contribution in [2.45, 2.75) is 59.0 Å². The lowest BCUT2D eigenvalue weighted by atomic mass is 10.1. The molecule has 1 N–H and O–H groups in total. The summed E-state index contributed by atoms with van der Waals surface area (Å²) in [5.41, 5.74) is 1.92. The fourth-order valence-electron chi connectivity index (χ4n) is 3.82. The number of hydrogen-bond donors (Lipinski definition) is 1. The summed E-state index contributed by atoms with van der Waals surface area (Å²) in [4.78, 5) is 27.7. The number of hydrogen-bond acceptors (Lipinski definition) is 4. The molecule has 0 radical (unpaired) electrons. The monoisotopic (exact) mass is 523 g/mol. The van der Waals surface area contributed by atoms with Gasteiger partial charge in [-0.05, 0) is 43.9 Å². The number of anilines is 1. The molecule has 2 rings (SSSR count). The van der Waals surface area contributed by atoms with E-state index in [-0.39, 0.29) is 43.4 Å². The zero-order valence-corrected chi connectivity index (χ0v) is 22.1. The third kappa shape index (κ3) is 8.29. The predicted molar refractivity (Wildman–Crippen MR) is 137 cm³/mol. The molecular weight excluding hydrogens is 488 g/mol. The average Bonchev–Trinajstić information content (AvgIpc) is 2.82. The lowest BCUT2D eigenvalue weighted by Gasteiger charge is -2.31. The first-order valence-electron chi connectivity index (χ1n) is 12.0. The van der Waals surface area contributed by atoms with Crippen molar-refractivity contribution >= 4 is 27.5 Å². The molecule has 0 aliphatic heterocycles. The van der Waals surface area contributed by atoms with Crippen LogP contribution in [0.4, 0.5) is 14.5 Å². The van der Waals surface area contributed by atoms with Gasteiger partial charge < -0.3 is 10.2 Å². The van der Waals surface area contributed by atoms with Gasteiger partial charge in [-0.25, -0.2) is 17.2 Å². The van der Waals surface area contributed by atoms with Crippen LogP contribution in [0.2, 0.25) is 0 Å². The Morgan fingerprint density at radius 2 is 1.69 bits per heavy atom. The summed E-state index contributed by atoms with van der Waals surface area (Å²) < 4.78 is 52.6. The number of nitrogens with one attached hydrogen (secondary N) is 1. The molecule has 0 bridgehead atoms. The van der Waals surface area contributed by atoms with Crippen molar-refractivity contribution in [2.24, 2.45) is 0 Å². The van der Waals surface area contributed by atoms with E-state index in [9.17, 15) is 26.8 Å². The fourth-order valence-corrected chi connectivity index (χ4v) is 4.78. The van der Waals surface area contributed by atoms with Crippen molar-refractivity contribution in [3.8, 4) is 0 Å². The molecule has 0 saturated heterocycles. The van der Waals surface area contributed by atoms with Gasteiger partial charge in [-0.2, -0.15) is 0 Å². The third-order valence-electron chi connectivity index (χ3n) is 5.75. The van der Waals surface area contributed by atoms with E-state index >= 15 is 0 Å². The van der Waals surface area contributed by atoms with E-state index in [0.29, 0.717) is 13.0 Å². The summed E-state index contributed by atoms with van der Waals surface area (Å²) in [5.74, 6) is -2.78. The van der Waals surface area contributed by atoms with Gasteiger partial charge in [0.25, 0.3) is 0 Å². The Kier molecular flexibility index (Phi) is 10.8. The number of sulfonamides is 1. The van der Waals surface area contributed by atoms with Crippen molar-refractivity contribution in [1.29, 1.82) is 0 Å². The van der Waals surface area contributed by atoms with Crippen LogP contribution in [0.5, 0.6) is 0 Å². The number of amides is 2. The zero-order valence-electron chi connectivity index (χ0n) is 21.3. The molecule has 1 atom stereocenters. The van der Waals surface area contributed by atoms with E-state index in [1.54, 1.807) is 0 Å². The Labute approximate surface area is 212 Å². The number of benzene rings is 2. The van der Waals surface area contributed by atoms with E-state index in [1.807, 2.05) is 45.0 Å². The molecule has 1 unspecified atom stereocenters. The largest absolute Gasteiger partial charge is 0.354 e. The van der Waals surface area contributed by atoms with Crippen LogP contribution in [-0.2, 0) is 26.2 Å². The van der Waals surface area contributed by atoms with Crippen molar-refractivity contribution in [3.63, 3.8) is 0 Å². The normalized spacial score (nSPS) is 12.2. The van der Waals surface area contributed by atoms with Crippen LogP contribution in [0.15, 0.2) is 42.5 Å². The summed E-state index contributed by atoms with van der Waals surface area (Å²) in [6.07, 6.45) is 2.24. The molecule has 7 nitrogen and oxygen atoms in total. The average molecular weight is 524 g/mol. The Morgan fingerprint density at radius 3 is 2.25 bits per heavy atom. The van der Waals surface area contributed by atoms with Crippen molar-refractivity contribution in [1.82, 2.24) is 10.2 Å². The minimum atomic E-state index is -3.81. The third-order valence-corrected chi connectivity index (χ3v) is 6.95. The van der Waals surface area contributed by atoms with Crippen LogP contribution in [0.1, 0.15) is 50.7 Å². The molecule has 0 spiro atoms. The van der Waals surface area contributed by atoms with Crippen LogP contribution < -0.4 is 9.62 Å². The molecule has 2 aromatic rings. The van der Waals surface area contributed by atoms with Gasteiger partial charge in [0.15, 0.2) is 11.6 Å². The second-order valence-corrected chi connectivity index (χ2v) is 10.7. The van der Waals surface area contributed by atoms with Crippen LogP contribution in [0.3, 0.4) is 0 Å². The van der Waals surface area contributed by atoms with Gasteiger partial charge in [0.1, 0.15) is 6.04 Å². The molecule has 0 fully saturated rings. The van der Waals surface area contributed by atoms with E-state index in [4.69, 9.17) is 0 Å². The summed E-state index contributed by atoms with van der Waals surface area (Å²) in [6.45, 7) is 6.36. The van der Waals surface area contributed by atoms with Crippen molar-refractivity contribution in [2.75, 3.05) is 23.7 Å². The predicted octanol–water partition coefficient (Wildman–Crippen LogP) is 4.15. The number of rotatable bonds is 13. The highest BCUT2D eigenvalue weighted by atomic mass is 32.2. The van der Waals surface area contributed by atoms with E-state index in [0.717, 1.165) is 40.2 Å². The number of halogens is 2. The first kappa shape index (κ1) is 29.2. The van der Waals surface area contributed by atoms with Gasteiger partial charge >= 0.3 is 0 Å². The molecule has 0 aliphatic rings. The fraction of sp³-hybridized carbons (Fsp3) is 0.462. The van der Waals surface area contributed by atoms with E-state index in [1.165, 1.54) is 11.0 Å². The molecule has 0 aliphatic carbocycles. The van der Waals surface area contributed by atoms with Crippen LogP contribution in [0.25, 0.3) is 0 Å². The highest BCUT2D eigenvalue weighted by Gasteiger charge is 2.28. The summed E-state index contributed by atoms with van der Waals surface area (Å²) in [5, 5.41) is 2.85. The second-order valence-electron chi connectivity index (χ2n) is 8.76. The van der Waals surface area contributed by atoms with Crippen LogP contribution >= 0.6 is 0 Å². The highest BCUT2D eigenvalue weighted by molar-refractivity contribution is 7.92. The van der Waals surface area contributed by atoms with E-state index < -0.39 is 27.7 Å². The van der Waals surface area contributed by atoms with Crippen molar-refractivity contribution < 1.29 is 26.8 Å². The molecule has 2 aromatic carbocycles. The van der Waals surface area contributed by atoms with Gasteiger partial charge in [-0.15, -0.1) is 0 Å². The molecule has 0 aromatic heterocycles. The van der Waals surface area contributed by atoms with Crippen molar-refractivity contribution in [3.05, 3.63) is 65.2 Å². The first-order chi connectivity index (χ1) is 17.0. The topological polar surface area (TPSA) is 86.8 Å². The quantitative estimate of drug-likeness (QED) is 0.427. The molecule has 36 heavy (non-hydrogen) atoms. The lowest BCUT2D eigenvalue weighted by Crippen LogP contribution is -2.49. The number of nitrogens with zero attached hydrogens (tertiary/aromatic N) is 2. The number of aryl methyl sites for hydroxylation is 1. The SMILES string of the molecule is CCCNC(=O)C(CC)N(Cc1ccc(C)cc1)C(=O)CCCN(c1ccc(F)c(F)c1)S(C)(=O)=O. The number of carbonyl (C=O) groups excluding carboxylic acids is 2. The Morgan fingerprint density at radius 1 is 1.03 bits per heavy atom. The Hall–Kier alpha value is -3.01. The molecule has 0 saturated carbocycles. The standard InChI is InChI=1S/C26H35F2N3O4S/c1-5-15-29-26(33)24(6-2)30(18-20-11-9-19(3)10-12-20)25(32)8-7-16-31(36(4,34)35)21-13-14-22(27)23(28)17-21/h9-14,17,24H,5-8,15-16,18H2,1-4H3,(H,29,33). The maximum absolute atomic E-state index is 13.7. The summed E-state index contributed by atoms with van der Waals surface area (Å²) in [7, 11) is -3.81. The molecule has 0 heterocycles. The van der Waals surface area contributed by atoms with Gasteiger partial charge in [-0.1, -0.05) is 43.7 Å². The Bertz CT molecular complexity index is 1140.